The Kier molecular flexibility index (Phi) is 3.79. The van der Waals surface area contributed by atoms with Gasteiger partial charge >= 0.3 is 0 Å². The zero-order chi connectivity index (χ0) is 13.9. The van der Waals surface area contributed by atoms with Crippen molar-refractivity contribution >= 4 is 0 Å². The minimum absolute atomic E-state index is 0.299. The number of nitrogens with one attached hydrogen (secondary N) is 1. The lowest BCUT2D eigenvalue weighted by atomic mass is 9.87. The molecule has 0 aliphatic heterocycles. The molecule has 0 heterocycles. The quantitative estimate of drug-likeness (QED) is 0.886. The summed E-state index contributed by atoms with van der Waals surface area (Å²) in [5, 5.41) is 3.45. The Morgan fingerprint density at radius 1 is 1.05 bits per heavy atom. The van der Waals surface area contributed by atoms with E-state index in [4.69, 9.17) is 0 Å². The highest BCUT2D eigenvalue weighted by Crippen LogP contribution is 2.29. The van der Waals surface area contributed by atoms with Gasteiger partial charge in [-0.15, -0.1) is 0 Å². The molecule has 0 spiro atoms. The summed E-state index contributed by atoms with van der Waals surface area (Å²) >= 11 is 0. The molecule has 3 rings (SSSR count). The molecule has 3 heteroatoms. The number of halogens is 2. The molecule has 2 aromatic rings. The lowest BCUT2D eigenvalue weighted by Crippen LogP contribution is -2.24. The van der Waals surface area contributed by atoms with Crippen molar-refractivity contribution < 1.29 is 8.78 Å². The van der Waals surface area contributed by atoms with Crippen LogP contribution in [-0.2, 0) is 13.0 Å². The molecule has 0 aromatic heterocycles. The Morgan fingerprint density at radius 2 is 1.90 bits per heavy atom. The van der Waals surface area contributed by atoms with E-state index in [2.05, 4.69) is 29.6 Å². The molecule has 20 heavy (non-hydrogen) atoms. The standard InChI is InChI=1S/C17H17F2N/c18-15-9-8-12(10-16(15)19)11-20-17-7-3-5-13-4-1-2-6-14(13)17/h1-2,4,6,8-10,17,20H,3,5,7,11H2. The van der Waals surface area contributed by atoms with Crippen molar-refractivity contribution in [2.75, 3.05) is 0 Å². The molecule has 2 aromatic carbocycles. The number of hydrogen-bond donors (Lipinski definition) is 1. The predicted octanol–water partition coefficient (Wildman–Crippen LogP) is 4.13. The summed E-state index contributed by atoms with van der Waals surface area (Å²) in [6.45, 7) is 0.552. The van der Waals surface area contributed by atoms with Crippen molar-refractivity contribution in [2.24, 2.45) is 0 Å². The Hall–Kier alpha value is -1.74. The summed E-state index contributed by atoms with van der Waals surface area (Å²) in [7, 11) is 0. The monoisotopic (exact) mass is 273 g/mol. The van der Waals surface area contributed by atoms with Crippen molar-refractivity contribution in [3.63, 3.8) is 0 Å². The summed E-state index contributed by atoms with van der Waals surface area (Å²) in [6.07, 6.45) is 3.37. The second-order valence-corrected chi connectivity index (χ2v) is 5.27. The third-order valence-electron chi connectivity index (χ3n) is 3.91. The van der Waals surface area contributed by atoms with Gasteiger partial charge in [-0.3, -0.25) is 0 Å². The highest BCUT2D eigenvalue weighted by Gasteiger charge is 2.19. The molecule has 0 radical (unpaired) electrons. The first kappa shape index (κ1) is 13.3. The zero-order valence-electron chi connectivity index (χ0n) is 11.2. The van der Waals surface area contributed by atoms with Crippen LogP contribution in [0.25, 0.3) is 0 Å². The van der Waals surface area contributed by atoms with E-state index < -0.39 is 11.6 Å². The number of rotatable bonds is 3. The summed E-state index contributed by atoms with van der Waals surface area (Å²) in [6, 6.07) is 12.8. The summed E-state index contributed by atoms with van der Waals surface area (Å²) < 4.78 is 26.1. The Balaban J connectivity index is 1.71. The van der Waals surface area contributed by atoms with E-state index in [1.807, 2.05) is 0 Å². The van der Waals surface area contributed by atoms with Gasteiger partial charge in [-0.25, -0.2) is 8.78 Å². The molecule has 1 nitrogen and oxygen atoms in total. The normalized spacial score (nSPS) is 17.8. The van der Waals surface area contributed by atoms with E-state index >= 15 is 0 Å². The molecule has 1 unspecified atom stereocenters. The van der Waals surface area contributed by atoms with Gasteiger partial charge < -0.3 is 5.32 Å². The van der Waals surface area contributed by atoms with Crippen LogP contribution in [0.2, 0.25) is 0 Å². The van der Waals surface area contributed by atoms with Crippen LogP contribution in [0.1, 0.15) is 35.6 Å². The fourth-order valence-electron chi connectivity index (χ4n) is 2.86. The van der Waals surface area contributed by atoms with E-state index in [0.29, 0.717) is 12.6 Å². The molecular weight excluding hydrogens is 256 g/mol. The van der Waals surface area contributed by atoms with Gasteiger partial charge in [0.2, 0.25) is 0 Å². The first-order valence-corrected chi connectivity index (χ1v) is 6.99. The van der Waals surface area contributed by atoms with E-state index in [9.17, 15) is 8.78 Å². The van der Waals surface area contributed by atoms with Crippen LogP contribution in [-0.4, -0.2) is 0 Å². The number of hydrogen-bond acceptors (Lipinski definition) is 1. The lowest BCUT2D eigenvalue weighted by molar-refractivity contribution is 0.456. The highest BCUT2D eigenvalue weighted by atomic mass is 19.2. The summed E-state index contributed by atoms with van der Waals surface area (Å²) in [5.74, 6) is -1.58. The molecule has 1 N–H and O–H groups in total. The Bertz CT molecular complexity index is 610. The topological polar surface area (TPSA) is 12.0 Å². The minimum atomic E-state index is -0.795. The average Bonchev–Trinajstić information content (AvgIpc) is 2.48. The van der Waals surface area contributed by atoms with Gasteiger partial charge in [0.15, 0.2) is 11.6 Å². The first-order valence-electron chi connectivity index (χ1n) is 6.99. The molecular formula is C17H17F2N. The molecule has 0 fully saturated rings. The van der Waals surface area contributed by atoms with E-state index in [-0.39, 0.29) is 0 Å². The number of fused-ring (bicyclic) bond motifs is 1. The lowest BCUT2D eigenvalue weighted by Gasteiger charge is -2.26. The second kappa shape index (κ2) is 5.71. The van der Waals surface area contributed by atoms with E-state index in [1.165, 1.54) is 23.3 Å². The molecule has 0 amide bonds. The van der Waals surface area contributed by atoms with Crippen LogP contribution in [0.3, 0.4) is 0 Å². The highest BCUT2D eigenvalue weighted by molar-refractivity contribution is 5.32. The van der Waals surface area contributed by atoms with Crippen molar-refractivity contribution in [1.82, 2.24) is 5.32 Å². The first-order chi connectivity index (χ1) is 9.74. The van der Waals surface area contributed by atoms with Crippen LogP contribution in [0, 0.1) is 11.6 Å². The van der Waals surface area contributed by atoms with Gasteiger partial charge in [0, 0.05) is 12.6 Å². The molecule has 0 bridgehead atoms. The predicted molar refractivity (Wildman–Crippen MR) is 75.3 cm³/mol. The van der Waals surface area contributed by atoms with Crippen molar-refractivity contribution in [3.8, 4) is 0 Å². The van der Waals surface area contributed by atoms with E-state index in [0.717, 1.165) is 24.8 Å². The summed E-state index contributed by atoms with van der Waals surface area (Å²) in [5.41, 5.74) is 3.50. The fourth-order valence-corrected chi connectivity index (χ4v) is 2.86. The Labute approximate surface area is 117 Å². The van der Waals surface area contributed by atoms with Crippen molar-refractivity contribution in [2.45, 2.75) is 31.8 Å². The van der Waals surface area contributed by atoms with Crippen LogP contribution >= 0.6 is 0 Å². The molecule has 0 saturated carbocycles. The van der Waals surface area contributed by atoms with Gasteiger partial charge in [-0.2, -0.15) is 0 Å². The number of benzene rings is 2. The van der Waals surface area contributed by atoms with Gasteiger partial charge in [0.25, 0.3) is 0 Å². The maximum atomic E-state index is 13.2. The van der Waals surface area contributed by atoms with Crippen LogP contribution < -0.4 is 5.32 Å². The molecule has 104 valence electrons. The second-order valence-electron chi connectivity index (χ2n) is 5.27. The van der Waals surface area contributed by atoms with Gasteiger partial charge in [-0.05, 0) is 48.1 Å². The molecule has 0 saturated heterocycles. The van der Waals surface area contributed by atoms with Gasteiger partial charge in [-0.1, -0.05) is 30.3 Å². The number of aryl methyl sites for hydroxylation is 1. The molecule has 1 aliphatic rings. The van der Waals surface area contributed by atoms with Gasteiger partial charge in [0.1, 0.15) is 0 Å². The van der Waals surface area contributed by atoms with Crippen LogP contribution in [0.5, 0.6) is 0 Å². The van der Waals surface area contributed by atoms with E-state index in [1.54, 1.807) is 6.07 Å². The maximum Gasteiger partial charge on any atom is 0.159 e. The van der Waals surface area contributed by atoms with Crippen molar-refractivity contribution in [3.05, 3.63) is 70.8 Å². The fraction of sp³-hybridized carbons (Fsp3) is 0.294. The smallest absolute Gasteiger partial charge is 0.159 e. The Morgan fingerprint density at radius 3 is 2.75 bits per heavy atom. The molecule has 1 atom stereocenters. The maximum absolute atomic E-state index is 13.2. The largest absolute Gasteiger partial charge is 0.306 e. The zero-order valence-corrected chi connectivity index (χ0v) is 11.2. The third kappa shape index (κ3) is 2.73. The average molecular weight is 273 g/mol. The minimum Gasteiger partial charge on any atom is -0.306 e. The van der Waals surface area contributed by atoms with Gasteiger partial charge in [0.05, 0.1) is 0 Å². The third-order valence-corrected chi connectivity index (χ3v) is 3.91. The SMILES string of the molecule is Fc1ccc(CNC2CCCc3ccccc32)cc1F. The van der Waals surface area contributed by atoms with Crippen LogP contribution in [0.4, 0.5) is 8.78 Å². The van der Waals surface area contributed by atoms with Crippen molar-refractivity contribution in [1.29, 1.82) is 0 Å². The summed E-state index contributed by atoms with van der Waals surface area (Å²) in [4.78, 5) is 0. The molecule has 1 aliphatic carbocycles. The van der Waals surface area contributed by atoms with Crippen LogP contribution in [0.15, 0.2) is 42.5 Å².